The van der Waals surface area contributed by atoms with Gasteiger partial charge in [-0.2, -0.15) is 0 Å². The lowest BCUT2D eigenvalue weighted by Gasteiger charge is -2.24. The maximum Gasteiger partial charge on any atom is 0.166 e. The average Bonchev–Trinajstić information content (AvgIpc) is 2.79. The van der Waals surface area contributed by atoms with E-state index < -0.39 is 5.41 Å². The highest BCUT2D eigenvalue weighted by molar-refractivity contribution is 7.97. The van der Waals surface area contributed by atoms with Crippen LogP contribution in [0, 0.1) is 5.41 Å². The zero-order chi connectivity index (χ0) is 20.2. The van der Waals surface area contributed by atoms with E-state index in [4.69, 9.17) is 15.3 Å². The molecule has 3 aromatic rings. The van der Waals surface area contributed by atoms with E-state index in [1.807, 2.05) is 6.92 Å². The molecule has 0 radical (unpaired) electrons. The Morgan fingerprint density at radius 1 is 0.571 bits per heavy atom. The van der Waals surface area contributed by atoms with Crippen molar-refractivity contribution in [2.45, 2.75) is 28.0 Å². The van der Waals surface area contributed by atoms with Gasteiger partial charge in [-0.1, -0.05) is 61.5 Å². The number of hydrogen-bond donors (Lipinski definition) is 3. The predicted octanol–water partition coefficient (Wildman–Crippen LogP) is 4.14. The van der Waals surface area contributed by atoms with Crippen molar-refractivity contribution >= 4 is 10.9 Å². The number of rotatable bonds is 7. The van der Waals surface area contributed by atoms with Crippen molar-refractivity contribution in [2.24, 2.45) is 5.41 Å². The molecule has 0 unspecified atom stereocenters. The van der Waals surface area contributed by atoms with Gasteiger partial charge in [0, 0.05) is 5.41 Å². The van der Waals surface area contributed by atoms with Gasteiger partial charge in [0.15, 0.2) is 14.7 Å². The molecule has 148 valence electrons. The van der Waals surface area contributed by atoms with Crippen molar-refractivity contribution in [3.8, 4) is 0 Å². The molecule has 0 aromatic heterocycles. The van der Waals surface area contributed by atoms with Gasteiger partial charge in [-0.15, -0.1) is 0 Å². The molecule has 3 nitrogen and oxygen atoms in total. The molecule has 0 spiro atoms. The molecule has 28 heavy (non-hydrogen) atoms. The second kappa shape index (κ2) is 11.7. The molecule has 3 aromatic carbocycles. The minimum absolute atomic E-state index is 0.0146. The fourth-order valence-corrected chi connectivity index (χ4v) is 4.67. The molecule has 0 bridgehead atoms. The van der Waals surface area contributed by atoms with Gasteiger partial charge in [0.25, 0.3) is 0 Å². The number of aliphatic hydroxyl groups excluding tert-OH is 3. The fourth-order valence-electron chi connectivity index (χ4n) is 2.56. The van der Waals surface area contributed by atoms with Gasteiger partial charge in [0.1, 0.15) is 0 Å². The molecule has 3 rings (SSSR count). The summed E-state index contributed by atoms with van der Waals surface area (Å²) in [4.78, 5) is 4.08. The first-order chi connectivity index (χ1) is 13.7. The molecule has 0 atom stereocenters. The third kappa shape index (κ3) is 5.94. The fraction of sp³-hybridized carbons (Fsp3) is 0.250. The van der Waals surface area contributed by atoms with Gasteiger partial charge >= 0.3 is 0 Å². The Kier molecular flexibility index (Phi) is 9.24. The monoisotopic (exact) mass is 397 g/mol. The van der Waals surface area contributed by atoms with Crippen LogP contribution in [0.5, 0.6) is 0 Å². The molecule has 0 heterocycles. The summed E-state index contributed by atoms with van der Waals surface area (Å²) in [5, 5.41) is 26.0. The summed E-state index contributed by atoms with van der Waals surface area (Å²) in [6.07, 6.45) is 0.594. The van der Waals surface area contributed by atoms with E-state index in [2.05, 4.69) is 91.0 Å². The predicted molar refractivity (Wildman–Crippen MR) is 115 cm³/mol. The molecule has 0 aliphatic rings. The molecule has 3 N–H and O–H groups in total. The normalized spacial score (nSPS) is 11.0. The highest BCUT2D eigenvalue weighted by Gasteiger charge is 2.27. The van der Waals surface area contributed by atoms with E-state index in [0.29, 0.717) is 6.42 Å². The molecule has 0 saturated heterocycles. The van der Waals surface area contributed by atoms with Crippen LogP contribution in [0.15, 0.2) is 106 Å². The maximum absolute atomic E-state index is 8.66. The Morgan fingerprint density at radius 3 is 1.04 bits per heavy atom. The Bertz CT molecular complexity index is 663. The van der Waals surface area contributed by atoms with Gasteiger partial charge in [0.05, 0.1) is 30.7 Å². The van der Waals surface area contributed by atoms with Crippen molar-refractivity contribution in [3.63, 3.8) is 0 Å². The first kappa shape index (κ1) is 22.2. The molecule has 0 fully saturated rings. The van der Waals surface area contributed by atoms with Crippen LogP contribution in [0.1, 0.15) is 13.3 Å². The summed E-state index contributed by atoms with van der Waals surface area (Å²) in [6.45, 7) is 1.35. The van der Waals surface area contributed by atoms with E-state index in [0.717, 1.165) is 0 Å². The lowest BCUT2D eigenvalue weighted by Crippen LogP contribution is -2.32. The molecule has 4 heteroatoms. The first-order valence-electron chi connectivity index (χ1n) is 9.41. The van der Waals surface area contributed by atoms with Crippen molar-refractivity contribution in [1.82, 2.24) is 0 Å². The van der Waals surface area contributed by atoms with Crippen LogP contribution >= 0.6 is 0 Å². The highest BCUT2D eigenvalue weighted by Crippen LogP contribution is 2.30. The summed E-state index contributed by atoms with van der Waals surface area (Å²) >= 11 is 0. The topological polar surface area (TPSA) is 60.7 Å². The Morgan fingerprint density at radius 2 is 0.857 bits per heavy atom. The minimum Gasteiger partial charge on any atom is -0.396 e. The number of aliphatic hydroxyl groups is 3. The average molecular weight is 398 g/mol. The summed E-state index contributed by atoms with van der Waals surface area (Å²) < 4.78 is 0. The Balaban J connectivity index is 0.000000266. The van der Waals surface area contributed by atoms with Crippen LogP contribution in [0.4, 0.5) is 0 Å². The van der Waals surface area contributed by atoms with Gasteiger partial charge in [-0.3, -0.25) is 0 Å². The SMILES string of the molecule is CCC(CO)(CO)CO.c1ccc([S+](c2ccccc2)c2ccccc2)cc1. The third-order valence-corrected chi connectivity index (χ3v) is 6.92. The van der Waals surface area contributed by atoms with Gasteiger partial charge in [0.2, 0.25) is 0 Å². The zero-order valence-corrected chi connectivity index (χ0v) is 17.1. The van der Waals surface area contributed by atoms with Crippen LogP contribution < -0.4 is 0 Å². The van der Waals surface area contributed by atoms with Crippen LogP contribution in [-0.2, 0) is 10.9 Å². The lowest BCUT2D eigenvalue weighted by atomic mass is 9.88. The first-order valence-corrected chi connectivity index (χ1v) is 10.6. The minimum atomic E-state index is -0.667. The molecule has 0 aliphatic heterocycles. The van der Waals surface area contributed by atoms with Crippen LogP contribution in [0.3, 0.4) is 0 Å². The Labute approximate surface area is 170 Å². The van der Waals surface area contributed by atoms with E-state index in [1.54, 1.807) is 0 Å². The maximum atomic E-state index is 8.66. The van der Waals surface area contributed by atoms with Gasteiger partial charge < -0.3 is 15.3 Å². The van der Waals surface area contributed by atoms with Crippen molar-refractivity contribution in [3.05, 3.63) is 91.0 Å². The van der Waals surface area contributed by atoms with E-state index in [-0.39, 0.29) is 30.7 Å². The van der Waals surface area contributed by atoms with Crippen LogP contribution in [0.25, 0.3) is 0 Å². The van der Waals surface area contributed by atoms with Gasteiger partial charge in [-0.05, 0) is 42.8 Å². The standard InChI is InChI=1S/C18H15S.C6H14O3/c1-4-10-16(11-5-1)19(17-12-6-2-7-13-17)18-14-8-3-9-15-18;1-2-6(3-7,4-8)5-9/h1-15H;7-9H,2-5H2,1H3/q+1;. The zero-order valence-electron chi connectivity index (χ0n) is 16.2. The molecule has 0 aliphatic carbocycles. The summed E-state index contributed by atoms with van der Waals surface area (Å²) in [7, 11) is -0.0146. The van der Waals surface area contributed by atoms with Crippen LogP contribution in [-0.4, -0.2) is 35.1 Å². The molecular formula is C24H29O3S+. The second-order valence-electron chi connectivity index (χ2n) is 6.57. The van der Waals surface area contributed by atoms with E-state index >= 15 is 0 Å². The summed E-state index contributed by atoms with van der Waals surface area (Å²) in [6, 6.07) is 32.2. The summed E-state index contributed by atoms with van der Waals surface area (Å²) in [5.74, 6) is 0. The molecular weight excluding hydrogens is 368 g/mol. The lowest BCUT2D eigenvalue weighted by molar-refractivity contribution is 0.00304. The third-order valence-electron chi connectivity index (χ3n) is 4.69. The molecule has 0 saturated carbocycles. The van der Waals surface area contributed by atoms with Crippen molar-refractivity contribution in [2.75, 3.05) is 19.8 Å². The Hall–Kier alpha value is -2.11. The van der Waals surface area contributed by atoms with Gasteiger partial charge in [-0.25, -0.2) is 0 Å². The highest BCUT2D eigenvalue weighted by atomic mass is 32.2. The largest absolute Gasteiger partial charge is 0.396 e. The molecule has 0 amide bonds. The van der Waals surface area contributed by atoms with E-state index in [1.165, 1.54) is 14.7 Å². The number of hydrogen-bond acceptors (Lipinski definition) is 3. The number of benzene rings is 3. The summed E-state index contributed by atoms with van der Waals surface area (Å²) in [5.41, 5.74) is -0.667. The second-order valence-corrected chi connectivity index (χ2v) is 8.60. The van der Waals surface area contributed by atoms with Crippen LogP contribution in [0.2, 0.25) is 0 Å². The van der Waals surface area contributed by atoms with E-state index in [9.17, 15) is 0 Å². The van der Waals surface area contributed by atoms with Crippen molar-refractivity contribution < 1.29 is 15.3 Å². The smallest absolute Gasteiger partial charge is 0.166 e. The van der Waals surface area contributed by atoms with Crippen molar-refractivity contribution in [1.29, 1.82) is 0 Å². The quantitative estimate of drug-likeness (QED) is 0.525.